The van der Waals surface area contributed by atoms with E-state index >= 15 is 0 Å². The molecular formula is C29H40F2O3. The van der Waals surface area contributed by atoms with Gasteiger partial charge in [-0.2, -0.15) is 4.39 Å². The highest BCUT2D eigenvalue weighted by atomic mass is 19.2. The second kappa shape index (κ2) is 14.3. The van der Waals surface area contributed by atoms with Gasteiger partial charge >= 0.3 is 0 Å². The molecule has 188 valence electrons. The van der Waals surface area contributed by atoms with Crippen molar-refractivity contribution < 1.29 is 23.0 Å². The summed E-state index contributed by atoms with van der Waals surface area (Å²) < 4.78 is 46.1. The normalized spacial score (nSPS) is 18.1. The second-order valence-electron chi connectivity index (χ2n) is 9.51. The predicted molar refractivity (Wildman–Crippen MR) is 133 cm³/mol. The molecule has 5 heteroatoms. The van der Waals surface area contributed by atoms with E-state index < -0.39 is 11.6 Å². The first-order valence-corrected chi connectivity index (χ1v) is 12.9. The summed E-state index contributed by atoms with van der Waals surface area (Å²) >= 11 is 0. The van der Waals surface area contributed by atoms with Gasteiger partial charge in [-0.1, -0.05) is 51.2 Å². The summed E-state index contributed by atoms with van der Waals surface area (Å²) in [6, 6.07) is 10.3. The van der Waals surface area contributed by atoms with Crippen molar-refractivity contribution >= 4 is 0 Å². The van der Waals surface area contributed by atoms with Crippen molar-refractivity contribution in [1.29, 1.82) is 0 Å². The summed E-state index contributed by atoms with van der Waals surface area (Å²) in [7, 11) is 1.72. The lowest BCUT2D eigenvalue weighted by molar-refractivity contribution is 0.173. The molecule has 3 rings (SSSR count). The molecule has 2 aromatic rings. The van der Waals surface area contributed by atoms with E-state index in [1.165, 1.54) is 25.7 Å². The molecule has 0 unspecified atom stereocenters. The number of hydrogen-bond donors (Lipinski definition) is 0. The molecule has 1 saturated carbocycles. The Morgan fingerprint density at radius 3 is 2.12 bits per heavy atom. The van der Waals surface area contributed by atoms with E-state index in [0.29, 0.717) is 24.7 Å². The molecule has 0 heterocycles. The maximum absolute atomic E-state index is 14.8. The smallest absolute Gasteiger partial charge is 0.201 e. The topological polar surface area (TPSA) is 27.7 Å². The Labute approximate surface area is 203 Å². The first-order valence-electron chi connectivity index (χ1n) is 12.9. The number of hydrogen-bond acceptors (Lipinski definition) is 3. The van der Waals surface area contributed by atoms with E-state index in [1.807, 2.05) is 0 Å². The van der Waals surface area contributed by atoms with Gasteiger partial charge in [-0.3, -0.25) is 0 Å². The van der Waals surface area contributed by atoms with Gasteiger partial charge in [0.25, 0.3) is 0 Å². The zero-order valence-corrected chi connectivity index (χ0v) is 20.8. The Hall–Kier alpha value is -2.14. The molecular weight excluding hydrogens is 434 g/mol. The Balaban J connectivity index is 1.48. The largest absolute Gasteiger partial charge is 0.494 e. The fourth-order valence-corrected chi connectivity index (χ4v) is 4.79. The fourth-order valence-electron chi connectivity index (χ4n) is 4.79. The molecule has 0 bridgehead atoms. The summed E-state index contributed by atoms with van der Waals surface area (Å²) in [6.45, 7) is 4.12. The van der Waals surface area contributed by atoms with Crippen molar-refractivity contribution in [3.8, 4) is 22.6 Å². The van der Waals surface area contributed by atoms with Gasteiger partial charge in [-0.15, -0.1) is 0 Å². The number of rotatable bonds is 14. The van der Waals surface area contributed by atoms with Crippen LogP contribution in [-0.2, 0) is 4.74 Å². The zero-order valence-electron chi connectivity index (χ0n) is 20.8. The summed E-state index contributed by atoms with van der Waals surface area (Å²) in [6.07, 6.45) is 11.4. The van der Waals surface area contributed by atoms with Crippen LogP contribution in [0, 0.1) is 23.5 Å². The molecule has 3 nitrogen and oxygen atoms in total. The van der Waals surface area contributed by atoms with Crippen LogP contribution in [-0.4, -0.2) is 26.9 Å². The van der Waals surface area contributed by atoms with Crippen LogP contribution in [0.4, 0.5) is 8.78 Å². The first-order chi connectivity index (χ1) is 16.6. The number of halogens is 2. The standard InChI is InChI=1S/C29H40F2O3/c1-3-8-22-9-11-23(12-10-22)21-34-27-18-17-26(28(30)29(27)31)24-13-15-25(16-14-24)33-20-7-5-4-6-19-32-2/h13-18,22-23H,3-12,19-21H2,1-2H3. The van der Waals surface area contributed by atoms with Crippen LogP contribution in [0.1, 0.15) is 71.1 Å². The van der Waals surface area contributed by atoms with Crippen molar-refractivity contribution in [2.24, 2.45) is 11.8 Å². The van der Waals surface area contributed by atoms with Gasteiger partial charge in [0, 0.05) is 19.3 Å². The van der Waals surface area contributed by atoms with Crippen LogP contribution in [0.25, 0.3) is 11.1 Å². The molecule has 1 fully saturated rings. The zero-order chi connectivity index (χ0) is 24.2. The minimum atomic E-state index is -0.911. The molecule has 0 spiro atoms. The highest BCUT2D eigenvalue weighted by molar-refractivity contribution is 5.66. The van der Waals surface area contributed by atoms with Gasteiger partial charge in [0.05, 0.1) is 13.2 Å². The van der Waals surface area contributed by atoms with E-state index in [4.69, 9.17) is 14.2 Å². The van der Waals surface area contributed by atoms with Crippen LogP contribution in [0.2, 0.25) is 0 Å². The predicted octanol–water partition coefficient (Wildman–Crippen LogP) is 8.20. The van der Waals surface area contributed by atoms with E-state index in [2.05, 4.69) is 6.92 Å². The van der Waals surface area contributed by atoms with Crippen LogP contribution >= 0.6 is 0 Å². The summed E-state index contributed by atoms with van der Waals surface area (Å²) in [5.74, 6) is 0.197. The maximum Gasteiger partial charge on any atom is 0.201 e. The third-order valence-electron chi connectivity index (χ3n) is 6.86. The van der Waals surface area contributed by atoms with Gasteiger partial charge in [-0.25, -0.2) is 4.39 Å². The first kappa shape index (κ1) is 26.5. The molecule has 1 aliphatic rings. The molecule has 0 saturated heterocycles. The minimum Gasteiger partial charge on any atom is -0.494 e. The molecule has 0 amide bonds. The third kappa shape index (κ3) is 7.97. The van der Waals surface area contributed by atoms with Crippen LogP contribution < -0.4 is 9.47 Å². The van der Waals surface area contributed by atoms with Crippen LogP contribution in [0.3, 0.4) is 0 Å². The van der Waals surface area contributed by atoms with Crippen LogP contribution in [0.5, 0.6) is 11.5 Å². The molecule has 2 aromatic carbocycles. The minimum absolute atomic E-state index is 0.00221. The molecule has 0 aromatic heterocycles. The molecule has 0 atom stereocenters. The average Bonchev–Trinajstić information content (AvgIpc) is 2.86. The number of ether oxygens (including phenoxy) is 3. The molecule has 1 aliphatic carbocycles. The number of benzene rings is 2. The van der Waals surface area contributed by atoms with E-state index in [1.54, 1.807) is 43.5 Å². The average molecular weight is 475 g/mol. The summed E-state index contributed by atoms with van der Waals surface area (Å²) in [4.78, 5) is 0. The van der Waals surface area contributed by atoms with Gasteiger partial charge in [0.1, 0.15) is 5.75 Å². The highest BCUT2D eigenvalue weighted by Gasteiger charge is 2.22. The molecule has 0 radical (unpaired) electrons. The van der Waals surface area contributed by atoms with Gasteiger partial charge in [-0.05, 0) is 73.8 Å². The molecule has 0 aliphatic heterocycles. The highest BCUT2D eigenvalue weighted by Crippen LogP contribution is 2.34. The Morgan fingerprint density at radius 1 is 0.765 bits per heavy atom. The summed E-state index contributed by atoms with van der Waals surface area (Å²) in [5, 5.41) is 0. The Morgan fingerprint density at radius 2 is 1.44 bits per heavy atom. The Kier molecular flexibility index (Phi) is 11.1. The number of unbranched alkanes of at least 4 members (excludes halogenated alkanes) is 3. The van der Waals surface area contributed by atoms with Gasteiger partial charge in [0.15, 0.2) is 11.6 Å². The molecule has 34 heavy (non-hydrogen) atoms. The van der Waals surface area contributed by atoms with Crippen molar-refractivity contribution in [3.63, 3.8) is 0 Å². The van der Waals surface area contributed by atoms with Gasteiger partial charge < -0.3 is 14.2 Å². The van der Waals surface area contributed by atoms with Crippen molar-refractivity contribution in [2.75, 3.05) is 26.9 Å². The van der Waals surface area contributed by atoms with Crippen molar-refractivity contribution in [3.05, 3.63) is 48.0 Å². The second-order valence-corrected chi connectivity index (χ2v) is 9.51. The van der Waals surface area contributed by atoms with Gasteiger partial charge in [0.2, 0.25) is 5.82 Å². The lowest BCUT2D eigenvalue weighted by Crippen LogP contribution is -2.20. The van der Waals surface area contributed by atoms with Crippen molar-refractivity contribution in [1.82, 2.24) is 0 Å². The fraction of sp³-hybridized carbons (Fsp3) is 0.586. The SMILES string of the molecule is CCCC1CCC(COc2ccc(-c3ccc(OCCCCCCOC)cc3)c(F)c2F)CC1. The number of methoxy groups -OCH3 is 1. The Bertz CT molecular complexity index is 845. The lowest BCUT2D eigenvalue weighted by Gasteiger charge is -2.28. The van der Waals surface area contributed by atoms with Crippen molar-refractivity contribution in [2.45, 2.75) is 71.1 Å². The van der Waals surface area contributed by atoms with E-state index in [0.717, 1.165) is 56.8 Å². The van der Waals surface area contributed by atoms with E-state index in [-0.39, 0.29) is 11.3 Å². The summed E-state index contributed by atoms with van der Waals surface area (Å²) in [5.41, 5.74) is 0.846. The monoisotopic (exact) mass is 474 g/mol. The molecule has 0 N–H and O–H groups in total. The van der Waals surface area contributed by atoms with E-state index in [9.17, 15) is 8.78 Å². The van der Waals surface area contributed by atoms with Crippen LogP contribution in [0.15, 0.2) is 36.4 Å². The quantitative estimate of drug-likeness (QED) is 0.258. The maximum atomic E-state index is 14.8. The third-order valence-corrected chi connectivity index (χ3v) is 6.86. The lowest BCUT2D eigenvalue weighted by atomic mass is 9.80.